The van der Waals surface area contributed by atoms with Crippen LogP contribution >= 0.6 is 0 Å². The van der Waals surface area contributed by atoms with E-state index in [1.54, 1.807) is 51.7 Å². The fourth-order valence-corrected chi connectivity index (χ4v) is 4.73. The van der Waals surface area contributed by atoms with E-state index in [0.717, 1.165) is 31.2 Å². The number of carbonyl (C=O) groups excluding carboxylic acids is 1. The van der Waals surface area contributed by atoms with Gasteiger partial charge in [0.1, 0.15) is 11.5 Å². The monoisotopic (exact) mass is 451 g/mol. The van der Waals surface area contributed by atoms with E-state index >= 15 is 0 Å². The van der Waals surface area contributed by atoms with Crippen LogP contribution in [0.5, 0.6) is 11.6 Å². The average molecular weight is 452 g/mol. The summed E-state index contributed by atoms with van der Waals surface area (Å²) in [6, 6.07) is 8.78. The normalized spacial score (nSPS) is 18.3. The average Bonchev–Trinajstić information content (AvgIpc) is 2.85. The maximum Gasteiger partial charge on any atom is 0.331 e. The van der Waals surface area contributed by atoms with Gasteiger partial charge in [-0.05, 0) is 61.4 Å². The van der Waals surface area contributed by atoms with Crippen molar-refractivity contribution in [1.82, 2.24) is 14.1 Å². The van der Waals surface area contributed by atoms with E-state index in [1.807, 2.05) is 6.07 Å². The van der Waals surface area contributed by atoms with Crippen molar-refractivity contribution in [1.29, 1.82) is 0 Å². The van der Waals surface area contributed by atoms with E-state index in [0.29, 0.717) is 35.5 Å². The Morgan fingerprint density at radius 1 is 1.06 bits per heavy atom. The number of aryl methyl sites for hydroxylation is 1. The number of benzene rings is 1. The first-order chi connectivity index (χ1) is 15.9. The number of carbonyl (C=O) groups is 1. The van der Waals surface area contributed by atoms with Crippen molar-refractivity contribution >= 4 is 16.7 Å². The van der Waals surface area contributed by atoms with Crippen molar-refractivity contribution < 1.29 is 14.3 Å². The number of hydrogen-bond donors (Lipinski definition) is 0. The lowest BCUT2D eigenvalue weighted by molar-refractivity contribution is -0.123. The number of Topliss-reactive ketones (excluding diaryl/α,β-unsaturated/α-hetero) is 1. The minimum absolute atomic E-state index is 0.000768. The van der Waals surface area contributed by atoms with Crippen LogP contribution in [-0.4, -0.2) is 34.1 Å². The molecule has 1 aliphatic carbocycles. The highest BCUT2D eigenvalue weighted by molar-refractivity contribution is 5.83. The van der Waals surface area contributed by atoms with Crippen molar-refractivity contribution in [3.63, 3.8) is 0 Å². The third-order valence-corrected chi connectivity index (χ3v) is 6.69. The molecule has 0 atom stereocenters. The molecular weight excluding hydrogens is 422 g/mol. The molecule has 3 aromatic rings. The van der Waals surface area contributed by atoms with Gasteiger partial charge in [0.2, 0.25) is 5.88 Å². The van der Waals surface area contributed by atoms with Gasteiger partial charge in [-0.15, -0.1) is 0 Å². The fraction of sp³-hybridized carbons (Fsp3) is 0.440. The molecule has 1 aliphatic rings. The summed E-state index contributed by atoms with van der Waals surface area (Å²) in [7, 11) is 4.78. The molecule has 0 N–H and O–H groups in total. The Labute approximate surface area is 191 Å². The molecule has 174 valence electrons. The Morgan fingerprint density at radius 3 is 2.52 bits per heavy atom. The predicted molar refractivity (Wildman–Crippen MR) is 125 cm³/mol. The first-order valence-electron chi connectivity index (χ1n) is 11.2. The highest BCUT2D eigenvalue weighted by atomic mass is 16.5. The third kappa shape index (κ3) is 4.69. The number of nitrogens with zero attached hydrogens (tertiary/aromatic N) is 3. The topological polar surface area (TPSA) is 92.4 Å². The van der Waals surface area contributed by atoms with Gasteiger partial charge in [-0.25, -0.2) is 9.78 Å². The molecule has 1 fully saturated rings. The van der Waals surface area contributed by atoms with E-state index in [-0.39, 0.29) is 28.9 Å². The second-order valence-electron chi connectivity index (χ2n) is 8.71. The molecule has 1 saturated carbocycles. The lowest BCUT2D eigenvalue weighted by Crippen LogP contribution is -2.41. The summed E-state index contributed by atoms with van der Waals surface area (Å²) in [5.74, 6) is 1.48. The van der Waals surface area contributed by atoms with Gasteiger partial charge in [0.05, 0.1) is 25.1 Å². The zero-order chi connectivity index (χ0) is 23.5. The standard InChI is InChI=1S/C25H29N3O5/c1-27-21-9-8-19(32-2)14-20(21)24(30)28(25(27)31)15-16-4-6-18(7-5-16)22(29)12-17-10-11-26-23(13-17)33-3/h8-11,13-14,16,18H,4-7,12,15H2,1-3H3. The number of fused-ring (bicyclic) bond motifs is 1. The van der Waals surface area contributed by atoms with Crippen LogP contribution in [0.4, 0.5) is 0 Å². The van der Waals surface area contributed by atoms with Gasteiger partial charge >= 0.3 is 5.69 Å². The summed E-state index contributed by atoms with van der Waals surface area (Å²) >= 11 is 0. The molecule has 0 radical (unpaired) electrons. The molecule has 2 heterocycles. The Hall–Kier alpha value is -3.42. The minimum atomic E-state index is -0.317. The number of methoxy groups -OCH3 is 2. The van der Waals surface area contributed by atoms with E-state index in [1.165, 1.54) is 9.13 Å². The fourth-order valence-electron chi connectivity index (χ4n) is 4.73. The number of rotatable bonds is 7. The second kappa shape index (κ2) is 9.60. The van der Waals surface area contributed by atoms with Crippen LogP contribution in [0.3, 0.4) is 0 Å². The molecule has 2 aromatic heterocycles. The van der Waals surface area contributed by atoms with Crippen molar-refractivity contribution in [2.75, 3.05) is 14.2 Å². The highest BCUT2D eigenvalue weighted by Crippen LogP contribution is 2.31. The largest absolute Gasteiger partial charge is 0.497 e. The Balaban J connectivity index is 1.45. The van der Waals surface area contributed by atoms with Crippen molar-refractivity contribution in [3.05, 3.63) is 62.9 Å². The van der Waals surface area contributed by atoms with Crippen LogP contribution in [0.2, 0.25) is 0 Å². The summed E-state index contributed by atoms with van der Waals surface area (Å²) in [5, 5.41) is 0.466. The van der Waals surface area contributed by atoms with Crippen molar-refractivity contribution in [2.45, 2.75) is 38.6 Å². The summed E-state index contributed by atoms with van der Waals surface area (Å²) in [6.07, 6.45) is 5.16. The van der Waals surface area contributed by atoms with Gasteiger partial charge in [-0.3, -0.25) is 18.7 Å². The van der Waals surface area contributed by atoms with Crippen LogP contribution < -0.4 is 20.7 Å². The molecule has 1 aromatic carbocycles. The zero-order valence-electron chi connectivity index (χ0n) is 19.2. The van der Waals surface area contributed by atoms with Gasteiger partial charge in [0.25, 0.3) is 5.56 Å². The van der Waals surface area contributed by atoms with Crippen molar-refractivity contribution in [2.24, 2.45) is 18.9 Å². The van der Waals surface area contributed by atoms with Crippen LogP contribution in [0, 0.1) is 11.8 Å². The SMILES string of the molecule is COc1ccc2c(c1)c(=O)n(CC1CCC(C(=O)Cc3ccnc(OC)c3)CC1)c(=O)n2C. The molecule has 8 nitrogen and oxygen atoms in total. The molecular formula is C25H29N3O5. The number of ether oxygens (including phenoxy) is 2. The Kier molecular flexibility index (Phi) is 6.62. The summed E-state index contributed by atoms with van der Waals surface area (Å²) in [6.45, 7) is 0.362. The molecule has 8 heteroatoms. The molecule has 0 spiro atoms. The van der Waals surface area contributed by atoms with E-state index in [9.17, 15) is 14.4 Å². The molecule has 0 aliphatic heterocycles. The number of pyridine rings is 1. The van der Waals surface area contributed by atoms with Crippen LogP contribution in [0.15, 0.2) is 46.1 Å². The molecule has 0 unspecified atom stereocenters. The van der Waals surface area contributed by atoms with Gasteiger partial charge in [-0.2, -0.15) is 0 Å². The summed E-state index contributed by atoms with van der Waals surface area (Å²) < 4.78 is 13.2. The van der Waals surface area contributed by atoms with Gasteiger partial charge < -0.3 is 9.47 Å². The highest BCUT2D eigenvalue weighted by Gasteiger charge is 2.27. The molecule has 0 bridgehead atoms. The predicted octanol–water partition coefficient (Wildman–Crippen LogP) is 2.73. The maximum absolute atomic E-state index is 13.1. The van der Waals surface area contributed by atoms with E-state index in [2.05, 4.69) is 4.98 Å². The third-order valence-electron chi connectivity index (χ3n) is 6.69. The van der Waals surface area contributed by atoms with Gasteiger partial charge in [0.15, 0.2) is 0 Å². The zero-order valence-corrected chi connectivity index (χ0v) is 19.2. The number of aromatic nitrogens is 3. The first-order valence-corrected chi connectivity index (χ1v) is 11.2. The second-order valence-corrected chi connectivity index (χ2v) is 8.71. The summed E-state index contributed by atoms with van der Waals surface area (Å²) in [4.78, 5) is 42.9. The minimum Gasteiger partial charge on any atom is -0.497 e. The molecule has 33 heavy (non-hydrogen) atoms. The lowest BCUT2D eigenvalue weighted by atomic mass is 9.79. The van der Waals surface area contributed by atoms with Gasteiger partial charge in [-0.1, -0.05) is 0 Å². The molecule has 4 rings (SSSR count). The number of ketones is 1. The van der Waals surface area contributed by atoms with Crippen molar-refractivity contribution in [3.8, 4) is 11.6 Å². The Bertz CT molecular complexity index is 1290. The maximum atomic E-state index is 13.1. The van der Waals surface area contributed by atoms with Gasteiger partial charge in [0, 0.05) is 38.2 Å². The smallest absolute Gasteiger partial charge is 0.331 e. The van der Waals surface area contributed by atoms with Crippen LogP contribution in [0.1, 0.15) is 31.2 Å². The summed E-state index contributed by atoms with van der Waals surface area (Å²) in [5.41, 5.74) is 0.874. The van der Waals surface area contributed by atoms with E-state index < -0.39 is 0 Å². The Morgan fingerprint density at radius 2 is 1.82 bits per heavy atom. The van der Waals surface area contributed by atoms with E-state index in [4.69, 9.17) is 9.47 Å². The molecule has 0 saturated heterocycles. The van der Waals surface area contributed by atoms with Crippen LogP contribution in [-0.2, 0) is 24.8 Å². The lowest BCUT2D eigenvalue weighted by Gasteiger charge is -2.28. The van der Waals surface area contributed by atoms with Crippen LogP contribution in [0.25, 0.3) is 10.9 Å². The quantitative estimate of drug-likeness (QED) is 0.549. The number of hydrogen-bond acceptors (Lipinski definition) is 6. The molecule has 0 amide bonds. The first kappa shape index (κ1) is 22.8.